The van der Waals surface area contributed by atoms with Crippen molar-refractivity contribution < 1.29 is 4.74 Å². The Balaban J connectivity index is 2.15. The molecule has 3 rings (SSSR count). The summed E-state index contributed by atoms with van der Waals surface area (Å²) < 4.78 is 5.46. The standard InChI is InChI=1S/C19H19NO/c1-19(20,17-9-5-6-10-18(17)21-2)16-12-11-14-7-3-4-8-15(14)13-16/h3-13H,20H2,1-2H3. The second-order valence-electron chi connectivity index (χ2n) is 5.46. The Morgan fingerprint density at radius 1 is 0.857 bits per heavy atom. The normalized spacial score (nSPS) is 13.9. The average molecular weight is 277 g/mol. The number of methoxy groups -OCH3 is 1. The number of hydrogen-bond acceptors (Lipinski definition) is 2. The van der Waals surface area contributed by atoms with Crippen LogP contribution in [-0.4, -0.2) is 7.11 Å². The van der Waals surface area contributed by atoms with Crippen molar-refractivity contribution in [2.24, 2.45) is 5.73 Å². The fourth-order valence-electron chi connectivity index (χ4n) is 2.74. The van der Waals surface area contributed by atoms with Gasteiger partial charge in [0.2, 0.25) is 0 Å². The molecule has 0 spiro atoms. The zero-order chi connectivity index (χ0) is 14.9. The van der Waals surface area contributed by atoms with Gasteiger partial charge in [-0.3, -0.25) is 0 Å². The van der Waals surface area contributed by atoms with Gasteiger partial charge < -0.3 is 10.5 Å². The number of nitrogens with two attached hydrogens (primary N) is 1. The van der Waals surface area contributed by atoms with Crippen LogP contribution in [0.15, 0.2) is 66.7 Å². The van der Waals surface area contributed by atoms with Gasteiger partial charge in [0.15, 0.2) is 0 Å². The summed E-state index contributed by atoms with van der Waals surface area (Å²) >= 11 is 0. The van der Waals surface area contributed by atoms with Crippen LogP contribution in [0.2, 0.25) is 0 Å². The molecule has 0 radical (unpaired) electrons. The lowest BCUT2D eigenvalue weighted by atomic mass is 9.84. The molecule has 1 unspecified atom stereocenters. The van der Waals surface area contributed by atoms with Crippen LogP contribution < -0.4 is 10.5 Å². The summed E-state index contributed by atoms with van der Waals surface area (Å²) in [5.41, 5.74) is 8.11. The smallest absolute Gasteiger partial charge is 0.124 e. The van der Waals surface area contributed by atoms with Gasteiger partial charge in [0, 0.05) is 5.56 Å². The summed E-state index contributed by atoms with van der Waals surface area (Å²) in [6.45, 7) is 2.02. The number of rotatable bonds is 3. The maximum atomic E-state index is 6.65. The fourth-order valence-corrected chi connectivity index (χ4v) is 2.74. The Labute approximate surface area is 125 Å². The topological polar surface area (TPSA) is 35.2 Å². The van der Waals surface area contributed by atoms with E-state index in [0.29, 0.717) is 0 Å². The SMILES string of the molecule is COc1ccccc1C(C)(N)c1ccc2ccccc2c1. The third-order valence-corrected chi connectivity index (χ3v) is 4.02. The molecule has 0 saturated carbocycles. The van der Waals surface area contributed by atoms with Gasteiger partial charge in [-0.05, 0) is 35.4 Å². The van der Waals surface area contributed by atoms with Crippen molar-refractivity contribution >= 4 is 10.8 Å². The Morgan fingerprint density at radius 3 is 2.29 bits per heavy atom. The largest absolute Gasteiger partial charge is 0.496 e. The van der Waals surface area contributed by atoms with Gasteiger partial charge in [-0.15, -0.1) is 0 Å². The van der Waals surface area contributed by atoms with Gasteiger partial charge in [0.25, 0.3) is 0 Å². The van der Waals surface area contributed by atoms with E-state index in [9.17, 15) is 0 Å². The molecule has 2 nitrogen and oxygen atoms in total. The second kappa shape index (κ2) is 5.23. The van der Waals surface area contributed by atoms with E-state index in [1.807, 2.05) is 43.3 Å². The molecule has 0 aliphatic carbocycles. The van der Waals surface area contributed by atoms with E-state index in [-0.39, 0.29) is 0 Å². The number of benzene rings is 3. The molecule has 3 aromatic carbocycles. The summed E-state index contributed by atoms with van der Waals surface area (Å²) in [4.78, 5) is 0. The van der Waals surface area contributed by atoms with Crippen molar-refractivity contribution in [3.8, 4) is 5.75 Å². The van der Waals surface area contributed by atoms with Gasteiger partial charge in [0.05, 0.1) is 12.6 Å². The van der Waals surface area contributed by atoms with Crippen LogP contribution in [0.5, 0.6) is 5.75 Å². The van der Waals surface area contributed by atoms with Gasteiger partial charge in [-0.2, -0.15) is 0 Å². The number of ether oxygens (including phenoxy) is 1. The molecule has 2 heteroatoms. The third kappa shape index (κ3) is 2.39. The van der Waals surface area contributed by atoms with Gasteiger partial charge in [-0.1, -0.05) is 54.6 Å². The lowest BCUT2D eigenvalue weighted by Gasteiger charge is -2.28. The first kappa shape index (κ1) is 13.7. The van der Waals surface area contributed by atoms with Crippen molar-refractivity contribution in [3.63, 3.8) is 0 Å². The van der Waals surface area contributed by atoms with Crippen LogP contribution in [0, 0.1) is 0 Å². The van der Waals surface area contributed by atoms with Gasteiger partial charge in [-0.25, -0.2) is 0 Å². The molecule has 0 aliphatic heterocycles. The highest BCUT2D eigenvalue weighted by Gasteiger charge is 2.27. The quantitative estimate of drug-likeness (QED) is 0.783. The molecule has 3 aromatic rings. The first-order valence-electron chi connectivity index (χ1n) is 7.04. The summed E-state index contributed by atoms with van der Waals surface area (Å²) in [5, 5.41) is 2.42. The van der Waals surface area contributed by atoms with Crippen LogP contribution in [0.25, 0.3) is 10.8 Å². The van der Waals surface area contributed by atoms with Crippen LogP contribution >= 0.6 is 0 Å². The molecule has 0 aromatic heterocycles. The summed E-state index contributed by atoms with van der Waals surface area (Å²) in [6.07, 6.45) is 0. The van der Waals surface area contributed by atoms with Crippen molar-refractivity contribution in [1.29, 1.82) is 0 Å². The molecule has 21 heavy (non-hydrogen) atoms. The molecule has 0 saturated heterocycles. The highest BCUT2D eigenvalue weighted by atomic mass is 16.5. The van der Waals surface area contributed by atoms with Crippen molar-refractivity contribution in [2.45, 2.75) is 12.5 Å². The molecule has 0 amide bonds. The molecular weight excluding hydrogens is 258 g/mol. The lowest BCUT2D eigenvalue weighted by molar-refractivity contribution is 0.399. The van der Waals surface area contributed by atoms with Crippen molar-refractivity contribution in [2.75, 3.05) is 7.11 Å². The average Bonchev–Trinajstić information content (AvgIpc) is 2.54. The molecule has 0 bridgehead atoms. The monoisotopic (exact) mass is 277 g/mol. The maximum Gasteiger partial charge on any atom is 0.124 e. The van der Waals surface area contributed by atoms with E-state index < -0.39 is 5.54 Å². The Morgan fingerprint density at radius 2 is 1.52 bits per heavy atom. The number of fused-ring (bicyclic) bond motifs is 1. The van der Waals surface area contributed by atoms with E-state index >= 15 is 0 Å². The van der Waals surface area contributed by atoms with E-state index in [2.05, 4.69) is 30.3 Å². The van der Waals surface area contributed by atoms with Crippen LogP contribution in [0.3, 0.4) is 0 Å². The Kier molecular flexibility index (Phi) is 3.40. The second-order valence-corrected chi connectivity index (χ2v) is 5.46. The lowest BCUT2D eigenvalue weighted by Crippen LogP contribution is -2.34. The molecule has 2 N–H and O–H groups in total. The van der Waals surface area contributed by atoms with Gasteiger partial charge >= 0.3 is 0 Å². The van der Waals surface area contributed by atoms with Crippen molar-refractivity contribution in [1.82, 2.24) is 0 Å². The molecular formula is C19H19NO. The predicted molar refractivity (Wildman–Crippen MR) is 87.6 cm³/mol. The summed E-state index contributed by atoms with van der Waals surface area (Å²) in [6, 6.07) is 22.6. The molecule has 106 valence electrons. The zero-order valence-electron chi connectivity index (χ0n) is 12.3. The van der Waals surface area contributed by atoms with E-state index in [0.717, 1.165) is 16.9 Å². The Bertz CT molecular complexity index is 777. The molecule has 0 fully saturated rings. The summed E-state index contributed by atoms with van der Waals surface area (Å²) in [7, 11) is 1.68. The van der Waals surface area contributed by atoms with E-state index in [1.165, 1.54) is 10.8 Å². The van der Waals surface area contributed by atoms with E-state index in [4.69, 9.17) is 10.5 Å². The predicted octanol–water partition coefficient (Wildman–Crippen LogP) is 4.07. The first-order valence-corrected chi connectivity index (χ1v) is 7.04. The minimum atomic E-state index is -0.601. The first-order chi connectivity index (χ1) is 10.1. The number of hydrogen-bond donors (Lipinski definition) is 1. The minimum absolute atomic E-state index is 0.601. The Hall–Kier alpha value is -2.32. The molecule has 0 heterocycles. The van der Waals surface area contributed by atoms with Crippen LogP contribution in [0.4, 0.5) is 0 Å². The molecule has 1 atom stereocenters. The zero-order valence-corrected chi connectivity index (χ0v) is 12.3. The van der Waals surface area contributed by atoms with Crippen LogP contribution in [0.1, 0.15) is 18.1 Å². The van der Waals surface area contributed by atoms with Crippen molar-refractivity contribution in [3.05, 3.63) is 77.9 Å². The van der Waals surface area contributed by atoms with Crippen LogP contribution in [-0.2, 0) is 5.54 Å². The number of para-hydroxylation sites is 1. The maximum absolute atomic E-state index is 6.65. The highest BCUT2D eigenvalue weighted by Crippen LogP contribution is 2.34. The van der Waals surface area contributed by atoms with E-state index in [1.54, 1.807) is 7.11 Å². The molecule has 0 aliphatic rings. The summed E-state index contributed by atoms with van der Waals surface area (Å²) in [5.74, 6) is 0.815. The third-order valence-electron chi connectivity index (χ3n) is 4.02. The minimum Gasteiger partial charge on any atom is -0.496 e. The highest BCUT2D eigenvalue weighted by molar-refractivity contribution is 5.83. The fraction of sp³-hybridized carbons (Fsp3) is 0.158. The van der Waals surface area contributed by atoms with Gasteiger partial charge in [0.1, 0.15) is 5.75 Å².